The van der Waals surface area contributed by atoms with Crippen molar-refractivity contribution in [3.8, 4) is 10.4 Å². The van der Waals surface area contributed by atoms with Crippen LogP contribution in [0.15, 0.2) is 60.9 Å². The lowest BCUT2D eigenvalue weighted by Gasteiger charge is -2.06. The minimum absolute atomic E-state index is 0.254. The second-order valence-electron chi connectivity index (χ2n) is 5.53. The summed E-state index contributed by atoms with van der Waals surface area (Å²) in [7, 11) is 0. The van der Waals surface area contributed by atoms with Crippen LogP contribution in [0.3, 0.4) is 0 Å². The van der Waals surface area contributed by atoms with Crippen molar-refractivity contribution in [1.29, 1.82) is 0 Å². The zero-order valence-electron chi connectivity index (χ0n) is 13.0. The van der Waals surface area contributed by atoms with E-state index in [2.05, 4.69) is 15.3 Å². The molecule has 124 valence electrons. The molecule has 0 atom stereocenters. The molecule has 2 aromatic carbocycles. The Kier molecular flexibility index (Phi) is 4.11. The van der Waals surface area contributed by atoms with E-state index >= 15 is 0 Å². The molecule has 0 aliphatic carbocycles. The summed E-state index contributed by atoms with van der Waals surface area (Å²) in [6.45, 7) is 0.538. The molecule has 6 heteroatoms. The summed E-state index contributed by atoms with van der Waals surface area (Å²) in [6, 6.07) is 14.7. The van der Waals surface area contributed by atoms with E-state index in [1.165, 1.54) is 30.6 Å². The van der Waals surface area contributed by atoms with Crippen LogP contribution in [-0.4, -0.2) is 9.97 Å². The van der Waals surface area contributed by atoms with Crippen molar-refractivity contribution in [1.82, 2.24) is 9.97 Å². The fourth-order valence-corrected chi connectivity index (χ4v) is 3.61. The van der Waals surface area contributed by atoms with Crippen molar-refractivity contribution >= 4 is 27.4 Å². The van der Waals surface area contributed by atoms with E-state index in [1.807, 2.05) is 6.07 Å². The Balaban J connectivity index is 1.63. The van der Waals surface area contributed by atoms with Gasteiger partial charge in [0.15, 0.2) is 0 Å². The van der Waals surface area contributed by atoms with Crippen LogP contribution in [0.1, 0.15) is 5.56 Å². The van der Waals surface area contributed by atoms with E-state index in [0.717, 1.165) is 32.0 Å². The van der Waals surface area contributed by atoms with Crippen LogP contribution in [0, 0.1) is 11.6 Å². The Labute approximate surface area is 147 Å². The van der Waals surface area contributed by atoms with Crippen LogP contribution < -0.4 is 5.32 Å². The van der Waals surface area contributed by atoms with Gasteiger partial charge in [0.2, 0.25) is 0 Å². The maximum absolute atomic E-state index is 13.1. The summed E-state index contributed by atoms with van der Waals surface area (Å²) in [5.74, 6) is 0.217. The Hall–Kier alpha value is -2.86. The topological polar surface area (TPSA) is 37.8 Å². The molecule has 25 heavy (non-hydrogen) atoms. The van der Waals surface area contributed by atoms with Gasteiger partial charge in [0.25, 0.3) is 0 Å². The summed E-state index contributed by atoms with van der Waals surface area (Å²) < 4.78 is 27.0. The molecule has 4 rings (SSSR count). The highest BCUT2D eigenvalue weighted by atomic mass is 32.1. The van der Waals surface area contributed by atoms with Crippen molar-refractivity contribution in [3.63, 3.8) is 0 Å². The van der Waals surface area contributed by atoms with Crippen LogP contribution in [0.5, 0.6) is 0 Å². The Morgan fingerprint density at radius 3 is 2.28 bits per heavy atom. The number of benzene rings is 2. The lowest BCUT2D eigenvalue weighted by molar-refractivity contribution is 0.627. The maximum atomic E-state index is 13.1. The molecular formula is C19H13F2N3S. The molecule has 4 aromatic rings. The third-order valence-corrected chi connectivity index (χ3v) is 4.99. The lowest BCUT2D eigenvalue weighted by atomic mass is 10.2. The second kappa shape index (κ2) is 6.57. The molecule has 0 aliphatic heterocycles. The van der Waals surface area contributed by atoms with Crippen LogP contribution in [0.2, 0.25) is 0 Å². The highest BCUT2D eigenvalue weighted by molar-refractivity contribution is 7.22. The molecule has 0 aliphatic rings. The molecule has 0 spiro atoms. The number of rotatable bonds is 4. The van der Waals surface area contributed by atoms with Gasteiger partial charge in [-0.15, -0.1) is 11.3 Å². The van der Waals surface area contributed by atoms with E-state index in [0.29, 0.717) is 6.54 Å². The van der Waals surface area contributed by atoms with Crippen molar-refractivity contribution in [2.45, 2.75) is 6.54 Å². The minimum Gasteiger partial charge on any atom is -0.365 e. The van der Waals surface area contributed by atoms with Crippen molar-refractivity contribution in [2.75, 3.05) is 5.32 Å². The molecule has 0 saturated carbocycles. The predicted molar refractivity (Wildman–Crippen MR) is 96.5 cm³/mol. The van der Waals surface area contributed by atoms with E-state index in [-0.39, 0.29) is 11.6 Å². The maximum Gasteiger partial charge on any atom is 0.147 e. The Morgan fingerprint density at radius 2 is 1.56 bits per heavy atom. The Bertz CT molecular complexity index is 1010. The number of hydrogen-bond donors (Lipinski definition) is 1. The zero-order valence-corrected chi connectivity index (χ0v) is 13.9. The molecule has 0 unspecified atom stereocenters. The number of nitrogens with zero attached hydrogens (tertiary/aromatic N) is 2. The van der Waals surface area contributed by atoms with Crippen molar-refractivity contribution in [2.24, 2.45) is 0 Å². The number of thiophene rings is 1. The van der Waals surface area contributed by atoms with Crippen molar-refractivity contribution in [3.05, 3.63) is 78.1 Å². The number of fused-ring (bicyclic) bond motifs is 1. The monoisotopic (exact) mass is 353 g/mol. The molecule has 2 heterocycles. The van der Waals surface area contributed by atoms with E-state index in [9.17, 15) is 8.78 Å². The van der Waals surface area contributed by atoms with Crippen LogP contribution in [0.4, 0.5) is 14.6 Å². The van der Waals surface area contributed by atoms with Gasteiger partial charge in [-0.1, -0.05) is 24.3 Å². The normalized spacial score (nSPS) is 11.0. The molecule has 0 fully saturated rings. The van der Waals surface area contributed by atoms with Gasteiger partial charge in [-0.3, -0.25) is 0 Å². The van der Waals surface area contributed by atoms with E-state index in [4.69, 9.17) is 0 Å². The summed E-state index contributed by atoms with van der Waals surface area (Å²) in [5, 5.41) is 3.27. The van der Waals surface area contributed by atoms with Gasteiger partial charge < -0.3 is 5.32 Å². The molecular weight excluding hydrogens is 340 g/mol. The molecule has 0 amide bonds. The van der Waals surface area contributed by atoms with Gasteiger partial charge in [-0.05, 0) is 41.5 Å². The molecule has 0 saturated heterocycles. The number of nitrogens with one attached hydrogen (secondary N) is 1. The van der Waals surface area contributed by atoms with Gasteiger partial charge >= 0.3 is 0 Å². The highest BCUT2D eigenvalue weighted by Crippen LogP contribution is 2.35. The first-order valence-corrected chi connectivity index (χ1v) is 8.49. The van der Waals surface area contributed by atoms with Gasteiger partial charge in [0.05, 0.1) is 10.2 Å². The smallest absolute Gasteiger partial charge is 0.147 e. The summed E-state index contributed by atoms with van der Waals surface area (Å²) >= 11 is 1.55. The quantitative estimate of drug-likeness (QED) is 0.545. The SMILES string of the molecule is Fc1ccc(CNc2ncnc3cc(-c4ccc(F)cc4)sc23)cc1. The largest absolute Gasteiger partial charge is 0.365 e. The molecule has 3 nitrogen and oxygen atoms in total. The summed E-state index contributed by atoms with van der Waals surface area (Å²) in [6.07, 6.45) is 1.51. The van der Waals surface area contributed by atoms with Gasteiger partial charge in [0.1, 0.15) is 23.8 Å². The third-order valence-electron chi connectivity index (χ3n) is 3.81. The highest BCUT2D eigenvalue weighted by Gasteiger charge is 2.10. The zero-order chi connectivity index (χ0) is 17.2. The fourth-order valence-electron chi connectivity index (χ4n) is 2.52. The first-order chi connectivity index (χ1) is 12.2. The molecule has 2 aromatic heterocycles. The van der Waals surface area contributed by atoms with Crippen molar-refractivity contribution < 1.29 is 8.78 Å². The predicted octanol–water partition coefficient (Wildman–Crippen LogP) is 5.25. The molecule has 0 radical (unpaired) electrons. The van der Waals surface area contributed by atoms with Crippen LogP contribution >= 0.6 is 11.3 Å². The fraction of sp³-hybridized carbons (Fsp3) is 0.0526. The third kappa shape index (κ3) is 3.34. The Morgan fingerprint density at radius 1 is 0.880 bits per heavy atom. The number of halogens is 2. The molecule has 1 N–H and O–H groups in total. The number of anilines is 1. The van der Waals surface area contributed by atoms with Gasteiger partial charge in [-0.2, -0.15) is 0 Å². The van der Waals surface area contributed by atoms with E-state index < -0.39 is 0 Å². The van der Waals surface area contributed by atoms with Crippen LogP contribution in [0.25, 0.3) is 20.7 Å². The molecule has 0 bridgehead atoms. The van der Waals surface area contributed by atoms with E-state index in [1.54, 1.807) is 35.6 Å². The average molecular weight is 353 g/mol. The summed E-state index contributed by atoms with van der Waals surface area (Å²) in [5.41, 5.74) is 2.73. The van der Waals surface area contributed by atoms with Gasteiger partial charge in [0, 0.05) is 11.4 Å². The number of aromatic nitrogens is 2. The van der Waals surface area contributed by atoms with Crippen LogP contribution in [-0.2, 0) is 6.54 Å². The minimum atomic E-state index is -0.258. The average Bonchev–Trinajstić information content (AvgIpc) is 3.06. The van der Waals surface area contributed by atoms with Gasteiger partial charge in [-0.25, -0.2) is 18.7 Å². The number of hydrogen-bond acceptors (Lipinski definition) is 4. The lowest BCUT2D eigenvalue weighted by Crippen LogP contribution is -2.01. The standard InChI is InChI=1S/C19H13F2N3S/c20-14-5-1-12(2-6-14)10-22-19-18-16(23-11-24-19)9-17(25-18)13-3-7-15(21)8-4-13/h1-9,11H,10H2,(H,22,23,24). The first kappa shape index (κ1) is 15.7. The second-order valence-corrected chi connectivity index (χ2v) is 6.59. The first-order valence-electron chi connectivity index (χ1n) is 7.68. The summed E-state index contributed by atoms with van der Waals surface area (Å²) in [4.78, 5) is 9.62.